The van der Waals surface area contributed by atoms with Gasteiger partial charge in [0.1, 0.15) is 5.82 Å². The Bertz CT molecular complexity index is 620. The zero-order valence-electron chi connectivity index (χ0n) is 13.5. The number of nitrogens with one attached hydrogen (secondary N) is 1. The summed E-state index contributed by atoms with van der Waals surface area (Å²) in [5, 5.41) is 4.51. The van der Waals surface area contributed by atoms with Crippen LogP contribution in [0.1, 0.15) is 54.9 Å². The van der Waals surface area contributed by atoms with Crippen molar-refractivity contribution in [1.82, 2.24) is 4.98 Å². The number of anilines is 1. The average Bonchev–Trinajstić information content (AvgIpc) is 2.69. The van der Waals surface area contributed by atoms with Gasteiger partial charge in [-0.3, -0.25) is 0 Å². The van der Waals surface area contributed by atoms with E-state index in [4.69, 9.17) is 0 Å². The van der Waals surface area contributed by atoms with Gasteiger partial charge in [0.25, 0.3) is 0 Å². The van der Waals surface area contributed by atoms with E-state index in [2.05, 4.69) is 38.0 Å². The van der Waals surface area contributed by atoms with Gasteiger partial charge in [-0.05, 0) is 44.5 Å². The fourth-order valence-corrected chi connectivity index (χ4v) is 3.39. The standard InChI is InChI=1S/C17H23FN2S/c1-10-7-13(18)9-14(8-10)19-11(2)15-12(3)20-16(21-15)17(4,5)6/h7-9,11,19H,1-6H3. The van der Waals surface area contributed by atoms with Crippen LogP contribution in [-0.2, 0) is 5.41 Å². The Kier molecular flexibility index (Phi) is 4.38. The monoisotopic (exact) mass is 306 g/mol. The van der Waals surface area contributed by atoms with E-state index in [0.717, 1.165) is 22.0 Å². The van der Waals surface area contributed by atoms with Gasteiger partial charge in [0, 0.05) is 16.0 Å². The van der Waals surface area contributed by atoms with Crippen molar-refractivity contribution in [3.05, 3.63) is 45.2 Å². The van der Waals surface area contributed by atoms with Crippen molar-refractivity contribution in [2.75, 3.05) is 5.32 Å². The molecule has 1 heterocycles. The molecule has 1 aromatic heterocycles. The molecule has 0 aliphatic heterocycles. The molecule has 114 valence electrons. The first-order chi connectivity index (χ1) is 9.66. The maximum absolute atomic E-state index is 13.5. The second-order valence-electron chi connectivity index (χ2n) is 6.60. The predicted octanol–water partition coefficient (Wildman–Crippen LogP) is 5.37. The van der Waals surface area contributed by atoms with Gasteiger partial charge in [0.2, 0.25) is 0 Å². The minimum Gasteiger partial charge on any atom is -0.378 e. The number of halogens is 1. The maximum atomic E-state index is 13.5. The Morgan fingerprint density at radius 2 is 1.86 bits per heavy atom. The third-order valence-corrected chi connectivity index (χ3v) is 5.06. The zero-order valence-corrected chi connectivity index (χ0v) is 14.4. The molecule has 0 aliphatic carbocycles. The summed E-state index contributed by atoms with van der Waals surface area (Å²) in [6.45, 7) is 12.5. The van der Waals surface area contributed by atoms with Crippen molar-refractivity contribution < 1.29 is 4.39 Å². The lowest BCUT2D eigenvalue weighted by atomic mass is 9.98. The Labute approximate surface area is 130 Å². The molecule has 2 rings (SSSR count). The summed E-state index contributed by atoms with van der Waals surface area (Å²) in [5.41, 5.74) is 2.84. The van der Waals surface area contributed by atoms with Crippen LogP contribution in [0, 0.1) is 19.7 Å². The molecule has 0 saturated carbocycles. The molecule has 21 heavy (non-hydrogen) atoms. The molecule has 1 atom stereocenters. The van der Waals surface area contributed by atoms with Gasteiger partial charge in [-0.2, -0.15) is 0 Å². The fourth-order valence-electron chi connectivity index (χ4n) is 2.27. The molecular weight excluding hydrogens is 283 g/mol. The van der Waals surface area contributed by atoms with E-state index in [1.165, 1.54) is 17.0 Å². The number of rotatable bonds is 3. The number of hydrogen-bond donors (Lipinski definition) is 1. The number of thiazole rings is 1. The van der Waals surface area contributed by atoms with E-state index in [1.54, 1.807) is 11.3 Å². The quantitative estimate of drug-likeness (QED) is 0.824. The number of aryl methyl sites for hydroxylation is 2. The molecule has 1 unspecified atom stereocenters. The zero-order chi connectivity index (χ0) is 15.8. The highest BCUT2D eigenvalue weighted by Gasteiger charge is 2.22. The number of nitrogens with zero attached hydrogens (tertiary/aromatic N) is 1. The van der Waals surface area contributed by atoms with Crippen LogP contribution >= 0.6 is 11.3 Å². The van der Waals surface area contributed by atoms with E-state index in [-0.39, 0.29) is 17.3 Å². The molecule has 0 amide bonds. The normalized spacial score (nSPS) is 13.3. The van der Waals surface area contributed by atoms with Gasteiger partial charge in [-0.1, -0.05) is 20.8 Å². The lowest BCUT2D eigenvalue weighted by Gasteiger charge is -2.16. The third kappa shape index (κ3) is 3.82. The van der Waals surface area contributed by atoms with E-state index in [1.807, 2.05) is 19.9 Å². The summed E-state index contributed by atoms with van der Waals surface area (Å²) in [6, 6.07) is 5.14. The Hall–Kier alpha value is -1.42. The van der Waals surface area contributed by atoms with Crippen molar-refractivity contribution in [3.8, 4) is 0 Å². The molecule has 0 bridgehead atoms. The van der Waals surface area contributed by atoms with Crippen LogP contribution in [0.25, 0.3) is 0 Å². The first-order valence-electron chi connectivity index (χ1n) is 7.18. The summed E-state index contributed by atoms with van der Waals surface area (Å²) < 4.78 is 13.5. The van der Waals surface area contributed by atoms with Crippen LogP contribution < -0.4 is 5.32 Å². The van der Waals surface area contributed by atoms with E-state index in [9.17, 15) is 4.39 Å². The molecule has 2 nitrogen and oxygen atoms in total. The van der Waals surface area contributed by atoms with E-state index >= 15 is 0 Å². The van der Waals surface area contributed by atoms with Crippen molar-refractivity contribution in [3.63, 3.8) is 0 Å². The van der Waals surface area contributed by atoms with Gasteiger partial charge >= 0.3 is 0 Å². The van der Waals surface area contributed by atoms with Crippen LogP contribution in [-0.4, -0.2) is 4.98 Å². The van der Waals surface area contributed by atoms with Gasteiger partial charge in [-0.25, -0.2) is 9.37 Å². The first-order valence-corrected chi connectivity index (χ1v) is 8.00. The summed E-state index contributed by atoms with van der Waals surface area (Å²) in [7, 11) is 0. The van der Waals surface area contributed by atoms with Crippen molar-refractivity contribution in [1.29, 1.82) is 0 Å². The van der Waals surface area contributed by atoms with Gasteiger partial charge in [0.05, 0.1) is 16.7 Å². The molecule has 1 aromatic carbocycles. The smallest absolute Gasteiger partial charge is 0.125 e. The summed E-state index contributed by atoms with van der Waals surface area (Å²) in [5.74, 6) is -0.207. The number of aromatic nitrogens is 1. The van der Waals surface area contributed by atoms with Crippen LogP contribution in [0.5, 0.6) is 0 Å². The van der Waals surface area contributed by atoms with Gasteiger partial charge in [-0.15, -0.1) is 11.3 Å². The van der Waals surface area contributed by atoms with Crippen LogP contribution in [0.15, 0.2) is 18.2 Å². The van der Waals surface area contributed by atoms with E-state index in [0.29, 0.717) is 0 Å². The highest BCUT2D eigenvalue weighted by molar-refractivity contribution is 7.12. The van der Waals surface area contributed by atoms with Crippen LogP contribution in [0.3, 0.4) is 0 Å². The average molecular weight is 306 g/mol. The summed E-state index contributed by atoms with van der Waals surface area (Å²) in [6.07, 6.45) is 0. The summed E-state index contributed by atoms with van der Waals surface area (Å²) in [4.78, 5) is 5.89. The van der Waals surface area contributed by atoms with E-state index < -0.39 is 0 Å². The molecular formula is C17H23FN2S. The molecule has 2 aromatic rings. The topological polar surface area (TPSA) is 24.9 Å². The minimum atomic E-state index is -0.207. The maximum Gasteiger partial charge on any atom is 0.125 e. The van der Waals surface area contributed by atoms with Crippen LogP contribution in [0.4, 0.5) is 10.1 Å². The molecule has 1 N–H and O–H groups in total. The molecule has 0 radical (unpaired) electrons. The molecule has 0 fully saturated rings. The lowest BCUT2D eigenvalue weighted by molar-refractivity contribution is 0.584. The Morgan fingerprint density at radius 3 is 2.38 bits per heavy atom. The van der Waals surface area contributed by atoms with Crippen molar-refractivity contribution >= 4 is 17.0 Å². The number of benzene rings is 1. The van der Waals surface area contributed by atoms with Crippen molar-refractivity contribution in [2.24, 2.45) is 0 Å². The molecule has 0 spiro atoms. The third-order valence-electron chi connectivity index (χ3n) is 3.29. The highest BCUT2D eigenvalue weighted by atomic mass is 32.1. The fraction of sp³-hybridized carbons (Fsp3) is 0.471. The molecule has 0 aliphatic rings. The molecule has 0 saturated heterocycles. The van der Waals surface area contributed by atoms with Crippen LogP contribution in [0.2, 0.25) is 0 Å². The molecule has 4 heteroatoms. The van der Waals surface area contributed by atoms with Gasteiger partial charge in [0.15, 0.2) is 0 Å². The lowest BCUT2D eigenvalue weighted by Crippen LogP contribution is -2.10. The largest absolute Gasteiger partial charge is 0.378 e. The van der Waals surface area contributed by atoms with Gasteiger partial charge < -0.3 is 5.32 Å². The SMILES string of the molecule is Cc1cc(F)cc(NC(C)c2sc(C(C)(C)C)nc2C)c1. The first kappa shape index (κ1) is 16.0. The second-order valence-corrected chi connectivity index (χ2v) is 7.63. The predicted molar refractivity (Wildman–Crippen MR) is 88.7 cm³/mol. The number of hydrogen-bond acceptors (Lipinski definition) is 3. The van der Waals surface area contributed by atoms with Crippen molar-refractivity contribution in [2.45, 2.75) is 53.0 Å². The Balaban J connectivity index is 2.24. The minimum absolute atomic E-state index is 0.0584. The summed E-state index contributed by atoms with van der Waals surface area (Å²) >= 11 is 1.73. The Morgan fingerprint density at radius 1 is 1.19 bits per heavy atom. The highest BCUT2D eigenvalue weighted by Crippen LogP contribution is 2.33. The second kappa shape index (κ2) is 5.76.